The van der Waals surface area contributed by atoms with E-state index < -0.39 is 6.10 Å². The van der Waals surface area contributed by atoms with Gasteiger partial charge >= 0.3 is 0 Å². The van der Waals surface area contributed by atoms with E-state index in [1.54, 1.807) is 18.2 Å². The largest absolute Gasteiger partial charge is 0.387 e. The summed E-state index contributed by atoms with van der Waals surface area (Å²) in [6.45, 7) is 3.59. The van der Waals surface area contributed by atoms with Crippen LogP contribution >= 0.6 is 0 Å². The van der Waals surface area contributed by atoms with E-state index in [-0.39, 0.29) is 5.82 Å². The van der Waals surface area contributed by atoms with Gasteiger partial charge in [0.15, 0.2) is 0 Å². The summed E-state index contributed by atoms with van der Waals surface area (Å²) in [5.74, 6) is 0.333. The molecule has 0 aliphatic carbocycles. The summed E-state index contributed by atoms with van der Waals surface area (Å²) in [7, 11) is 2.14. The molecule has 1 saturated heterocycles. The second kappa shape index (κ2) is 6.98. The molecule has 0 bridgehead atoms. The molecule has 2 N–H and O–H groups in total. The second-order valence-electron chi connectivity index (χ2n) is 5.44. The fourth-order valence-electron chi connectivity index (χ4n) is 2.55. The Morgan fingerprint density at radius 3 is 2.74 bits per heavy atom. The van der Waals surface area contributed by atoms with Crippen molar-refractivity contribution in [3.8, 4) is 0 Å². The molecule has 1 heterocycles. The quantitative estimate of drug-likeness (QED) is 0.853. The Morgan fingerprint density at radius 1 is 1.37 bits per heavy atom. The lowest BCUT2D eigenvalue weighted by atomic mass is 9.97. The average molecular weight is 266 g/mol. The van der Waals surface area contributed by atoms with Crippen molar-refractivity contribution in [1.82, 2.24) is 10.2 Å². The Kier molecular flexibility index (Phi) is 5.31. The van der Waals surface area contributed by atoms with E-state index in [4.69, 9.17) is 0 Å². The molecule has 1 unspecified atom stereocenters. The zero-order valence-corrected chi connectivity index (χ0v) is 11.5. The molecule has 1 fully saturated rings. The maximum absolute atomic E-state index is 13.5. The lowest BCUT2D eigenvalue weighted by Gasteiger charge is -2.29. The lowest BCUT2D eigenvalue weighted by molar-refractivity contribution is 0.161. The minimum Gasteiger partial charge on any atom is -0.387 e. The van der Waals surface area contributed by atoms with Gasteiger partial charge in [-0.1, -0.05) is 18.2 Å². The predicted octanol–water partition coefficient (Wildman–Crippen LogP) is 1.79. The summed E-state index contributed by atoms with van der Waals surface area (Å²) < 4.78 is 13.5. The van der Waals surface area contributed by atoms with Crippen LogP contribution in [-0.2, 0) is 0 Å². The molecule has 0 aromatic heterocycles. The number of benzene rings is 1. The standard InChI is InChI=1S/C15H23FN2O/c1-18-8-6-12(7-9-18)10-17-11-15(19)13-4-2-3-5-14(13)16/h2-5,12,15,17,19H,6-11H2,1H3. The lowest BCUT2D eigenvalue weighted by Crippen LogP contribution is -2.36. The van der Waals surface area contributed by atoms with E-state index in [2.05, 4.69) is 17.3 Å². The highest BCUT2D eigenvalue weighted by Gasteiger charge is 2.17. The molecule has 1 aliphatic rings. The zero-order valence-electron chi connectivity index (χ0n) is 11.5. The van der Waals surface area contributed by atoms with Crippen molar-refractivity contribution >= 4 is 0 Å². The van der Waals surface area contributed by atoms with Crippen molar-refractivity contribution in [1.29, 1.82) is 0 Å². The third-order valence-electron chi connectivity index (χ3n) is 3.87. The average Bonchev–Trinajstić information content (AvgIpc) is 2.41. The van der Waals surface area contributed by atoms with Crippen LogP contribution in [0.3, 0.4) is 0 Å². The van der Waals surface area contributed by atoms with Crippen molar-refractivity contribution in [3.05, 3.63) is 35.6 Å². The fraction of sp³-hybridized carbons (Fsp3) is 0.600. The maximum Gasteiger partial charge on any atom is 0.129 e. The van der Waals surface area contributed by atoms with Gasteiger partial charge in [0.2, 0.25) is 0 Å². The first kappa shape index (κ1) is 14.4. The topological polar surface area (TPSA) is 35.5 Å². The van der Waals surface area contributed by atoms with Crippen LogP contribution in [0.4, 0.5) is 4.39 Å². The van der Waals surface area contributed by atoms with Crippen LogP contribution in [0.2, 0.25) is 0 Å². The molecule has 1 aromatic carbocycles. The van der Waals surface area contributed by atoms with Crippen molar-refractivity contribution in [2.75, 3.05) is 33.2 Å². The summed E-state index contributed by atoms with van der Waals surface area (Å²) in [6.07, 6.45) is 1.62. The Morgan fingerprint density at radius 2 is 2.05 bits per heavy atom. The van der Waals surface area contributed by atoms with Crippen LogP contribution in [0.25, 0.3) is 0 Å². The Bertz CT molecular complexity index is 391. The minimum atomic E-state index is -0.771. The van der Waals surface area contributed by atoms with Crippen molar-refractivity contribution in [2.45, 2.75) is 18.9 Å². The first-order valence-corrected chi connectivity index (χ1v) is 6.98. The molecule has 0 radical (unpaired) electrons. The van der Waals surface area contributed by atoms with E-state index in [9.17, 15) is 9.50 Å². The molecule has 0 spiro atoms. The van der Waals surface area contributed by atoms with Crippen molar-refractivity contribution in [3.63, 3.8) is 0 Å². The smallest absolute Gasteiger partial charge is 0.129 e. The number of halogens is 1. The zero-order chi connectivity index (χ0) is 13.7. The maximum atomic E-state index is 13.5. The number of rotatable bonds is 5. The number of likely N-dealkylation sites (tertiary alicyclic amines) is 1. The molecular weight excluding hydrogens is 243 g/mol. The van der Waals surface area contributed by atoms with E-state index >= 15 is 0 Å². The fourth-order valence-corrected chi connectivity index (χ4v) is 2.55. The summed E-state index contributed by atoms with van der Waals surface area (Å²) in [4.78, 5) is 2.34. The number of hydrogen-bond donors (Lipinski definition) is 2. The third kappa shape index (κ3) is 4.27. The first-order valence-electron chi connectivity index (χ1n) is 6.98. The van der Waals surface area contributed by atoms with Crippen LogP contribution in [0.1, 0.15) is 24.5 Å². The van der Waals surface area contributed by atoms with Gasteiger partial charge in [0.25, 0.3) is 0 Å². The Hall–Kier alpha value is -0.970. The van der Waals surface area contributed by atoms with E-state index in [1.807, 2.05) is 0 Å². The van der Waals surface area contributed by atoms with Gasteiger partial charge in [0, 0.05) is 12.1 Å². The molecule has 106 valence electrons. The molecule has 2 rings (SSSR count). The number of nitrogens with zero attached hydrogens (tertiary/aromatic N) is 1. The van der Waals surface area contributed by atoms with Crippen molar-refractivity contribution in [2.24, 2.45) is 5.92 Å². The van der Waals surface area contributed by atoms with Crippen LogP contribution < -0.4 is 5.32 Å². The number of nitrogens with one attached hydrogen (secondary N) is 1. The van der Waals surface area contributed by atoms with Crippen molar-refractivity contribution < 1.29 is 9.50 Å². The number of piperidine rings is 1. The second-order valence-corrected chi connectivity index (χ2v) is 5.44. The summed E-state index contributed by atoms with van der Waals surface area (Å²) in [5.41, 5.74) is 0.373. The minimum absolute atomic E-state index is 0.337. The third-order valence-corrected chi connectivity index (χ3v) is 3.87. The van der Waals surface area contributed by atoms with Gasteiger partial charge in [0.05, 0.1) is 6.10 Å². The molecule has 0 saturated carbocycles. The van der Waals surface area contributed by atoms with Gasteiger partial charge in [-0.25, -0.2) is 4.39 Å². The number of hydrogen-bond acceptors (Lipinski definition) is 3. The first-order chi connectivity index (χ1) is 9.16. The Balaban J connectivity index is 1.72. The molecule has 1 atom stereocenters. The van der Waals surface area contributed by atoms with Crippen LogP contribution in [0, 0.1) is 11.7 Å². The monoisotopic (exact) mass is 266 g/mol. The number of aliphatic hydroxyl groups excluding tert-OH is 1. The molecule has 0 amide bonds. The van der Waals surface area contributed by atoms with Gasteiger partial charge < -0.3 is 15.3 Å². The summed E-state index contributed by atoms with van der Waals surface area (Å²) in [6, 6.07) is 6.41. The normalized spacial score (nSPS) is 19.5. The van der Waals surface area contributed by atoms with Gasteiger partial charge in [-0.15, -0.1) is 0 Å². The highest BCUT2D eigenvalue weighted by atomic mass is 19.1. The van der Waals surface area contributed by atoms with Gasteiger partial charge in [-0.2, -0.15) is 0 Å². The predicted molar refractivity (Wildman–Crippen MR) is 74.5 cm³/mol. The summed E-state index contributed by atoms with van der Waals surface area (Å²) in [5, 5.41) is 13.2. The van der Waals surface area contributed by atoms with Gasteiger partial charge in [-0.3, -0.25) is 0 Å². The molecular formula is C15H23FN2O. The highest BCUT2D eigenvalue weighted by Crippen LogP contribution is 2.17. The van der Waals surface area contributed by atoms with Crippen LogP contribution in [0.5, 0.6) is 0 Å². The van der Waals surface area contributed by atoms with Gasteiger partial charge in [-0.05, 0) is 51.5 Å². The summed E-state index contributed by atoms with van der Waals surface area (Å²) >= 11 is 0. The van der Waals surface area contributed by atoms with Crippen LogP contribution in [0.15, 0.2) is 24.3 Å². The molecule has 4 heteroatoms. The van der Waals surface area contributed by atoms with Gasteiger partial charge in [0.1, 0.15) is 5.82 Å². The molecule has 1 aromatic rings. The SMILES string of the molecule is CN1CCC(CNCC(O)c2ccccc2F)CC1. The highest BCUT2D eigenvalue weighted by molar-refractivity contribution is 5.19. The van der Waals surface area contributed by atoms with E-state index in [1.165, 1.54) is 18.9 Å². The van der Waals surface area contributed by atoms with E-state index in [0.717, 1.165) is 19.6 Å². The van der Waals surface area contributed by atoms with E-state index in [0.29, 0.717) is 18.0 Å². The molecule has 19 heavy (non-hydrogen) atoms. The van der Waals surface area contributed by atoms with Crippen LogP contribution in [-0.4, -0.2) is 43.2 Å². The molecule has 1 aliphatic heterocycles. The molecule has 3 nitrogen and oxygen atoms in total. The Labute approximate surface area is 114 Å². The number of aliphatic hydroxyl groups is 1.